The number of rotatable bonds is 5. The van der Waals surface area contributed by atoms with E-state index in [0.29, 0.717) is 5.56 Å². The van der Waals surface area contributed by atoms with E-state index in [1.54, 1.807) is 0 Å². The fourth-order valence-electron chi connectivity index (χ4n) is 2.57. The van der Waals surface area contributed by atoms with Crippen molar-refractivity contribution in [2.45, 2.75) is 24.7 Å². The lowest BCUT2D eigenvalue weighted by molar-refractivity contribution is 0.896. The van der Waals surface area contributed by atoms with Gasteiger partial charge in [0.2, 0.25) is 0 Å². The second-order valence-electron chi connectivity index (χ2n) is 5.61. The molecule has 23 heavy (non-hydrogen) atoms. The molecular formula is C21H19NS. The fourth-order valence-corrected chi connectivity index (χ4v) is 3.57. The third kappa shape index (κ3) is 3.75. The number of fused-ring (bicyclic) bond motifs is 1. The molecule has 114 valence electrons. The van der Waals surface area contributed by atoms with Crippen LogP contribution in [-0.2, 0) is 0 Å². The number of unbranched alkanes of at least 4 members (excludes halogenated alkanes) is 1. The smallest absolute Gasteiger partial charge is 0.0991 e. The van der Waals surface area contributed by atoms with Gasteiger partial charge in [-0.25, -0.2) is 0 Å². The van der Waals surface area contributed by atoms with Gasteiger partial charge in [-0.3, -0.25) is 0 Å². The molecule has 0 amide bonds. The summed E-state index contributed by atoms with van der Waals surface area (Å²) >= 11 is 1.92. The monoisotopic (exact) mass is 317 g/mol. The molecule has 3 rings (SSSR count). The van der Waals surface area contributed by atoms with E-state index >= 15 is 0 Å². The normalized spacial score (nSPS) is 10.6. The first-order valence-corrected chi connectivity index (χ1v) is 8.96. The summed E-state index contributed by atoms with van der Waals surface area (Å²) in [5.74, 6) is 1.19. The van der Waals surface area contributed by atoms with Gasteiger partial charge in [-0.2, -0.15) is 5.26 Å². The Morgan fingerprint density at radius 3 is 2.30 bits per heavy atom. The highest BCUT2D eigenvalue weighted by Gasteiger charge is 2.02. The molecule has 0 aromatic heterocycles. The lowest BCUT2D eigenvalue weighted by Gasteiger charge is -2.06. The maximum Gasteiger partial charge on any atom is 0.0991 e. The summed E-state index contributed by atoms with van der Waals surface area (Å²) in [6, 6.07) is 23.2. The van der Waals surface area contributed by atoms with Gasteiger partial charge >= 0.3 is 0 Å². The molecule has 0 N–H and O–H groups in total. The highest BCUT2D eigenvalue weighted by Crippen LogP contribution is 2.27. The maximum absolute atomic E-state index is 8.98. The second kappa shape index (κ2) is 7.35. The topological polar surface area (TPSA) is 23.8 Å². The molecule has 0 aliphatic carbocycles. The Hall–Kier alpha value is -2.24. The first kappa shape index (κ1) is 15.6. The molecule has 3 aromatic carbocycles. The Balaban J connectivity index is 1.83. The Bertz CT molecular complexity index is 844. The van der Waals surface area contributed by atoms with E-state index in [4.69, 9.17) is 5.26 Å². The van der Waals surface area contributed by atoms with Gasteiger partial charge in [-0.15, -0.1) is 11.8 Å². The van der Waals surface area contributed by atoms with E-state index in [1.807, 2.05) is 30.0 Å². The predicted octanol–water partition coefficient (Wildman–Crippen LogP) is 6.27. The predicted molar refractivity (Wildman–Crippen MR) is 99.7 cm³/mol. The van der Waals surface area contributed by atoms with Crippen molar-refractivity contribution in [1.82, 2.24) is 0 Å². The largest absolute Gasteiger partial charge is 0.192 e. The third-order valence-corrected chi connectivity index (χ3v) is 5.02. The van der Waals surface area contributed by atoms with Crippen molar-refractivity contribution in [3.05, 3.63) is 66.2 Å². The molecule has 0 aliphatic rings. The van der Waals surface area contributed by atoms with Gasteiger partial charge in [-0.05, 0) is 64.4 Å². The van der Waals surface area contributed by atoms with E-state index in [-0.39, 0.29) is 0 Å². The van der Waals surface area contributed by atoms with Crippen LogP contribution in [0.1, 0.15) is 25.3 Å². The van der Waals surface area contributed by atoms with Crippen LogP contribution < -0.4 is 0 Å². The number of thioether (sulfide) groups is 1. The van der Waals surface area contributed by atoms with Gasteiger partial charge in [0.05, 0.1) is 11.6 Å². The van der Waals surface area contributed by atoms with E-state index < -0.39 is 0 Å². The van der Waals surface area contributed by atoms with Crippen molar-refractivity contribution in [2.75, 3.05) is 5.75 Å². The molecule has 0 atom stereocenters. The molecule has 0 saturated carbocycles. The van der Waals surface area contributed by atoms with Crippen LogP contribution in [0.15, 0.2) is 65.6 Å². The van der Waals surface area contributed by atoms with Crippen LogP contribution >= 0.6 is 11.8 Å². The number of nitriles is 1. The molecule has 0 radical (unpaired) electrons. The van der Waals surface area contributed by atoms with Gasteiger partial charge in [0, 0.05) is 4.90 Å². The molecule has 0 heterocycles. The average molecular weight is 317 g/mol. The third-order valence-electron chi connectivity index (χ3n) is 3.92. The number of hydrogen-bond donors (Lipinski definition) is 0. The van der Waals surface area contributed by atoms with Crippen LogP contribution in [0.5, 0.6) is 0 Å². The molecule has 0 aliphatic heterocycles. The Kier molecular flexibility index (Phi) is 5.00. The van der Waals surface area contributed by atoms with E-state index in [1.165, 1.54) is 40.0 Å². The minimum Gasteiger partial charge on any atom is -0.192 e. The minimum atomic E-state index is 0.707. The SMILES string of the molecule is CCCCSc1ccc(-c2ccc3cc(C#N)ccc3c2)cc1. The summed E-state index contributed by atoms with van der Waals surface area (Å²) in [7, 11) is 0. The molecule has 0 saturated heterocycles. The van der Waals surface area contributed by atoms with E-state index in [2.05, 4.69) is 55.5 Å². The van der Waals surface area contributed by atoms with Crippen molar-refractivity contribution in [3.8, 4) is 17.2 Å². The molecular weight excluding hydrogens is 298 g/mol. The molecule has 0 unspecified atom stereocenters. The maximum atomic E-state index is 8.98. The quantitative estimate of drug-likeness (QED) is 0.409. The zero-order valence-corrected chi connectivity index (χ0v) is 14.1. The second-order valence-corrected chi connectivity index (χ2v) is 6.78. The molecule has 2 heteroatoms. The molecule has 1 nitrogen and oxygen atoms in total. The van der Waals surface area contributed by atoms with Gasteiger partial charge in [0.15, 0.2) is 0 Å². The van der Waals surface area contributed by atoms with E-state index in [9.17, 15) is 0 Å². The number of hydrogen-bond acceptors (Lipinski definition) is 2. The van der Waals surface area contributed by atoms with Crippen molar-refractivity contribution in [2.24, 2.45) is 0 Å². The molecule has 0 spiro atoms. The zero-order valence-electron chi connectivity index (χ0n) is 13.3. The lowest BCUT2D eigenvalue weighted by Crippen LogP contribution is -1.82. The molecule has 3 aromatic rings. The standard InChI is InChI=1S/C21H19NS/c1-2-3-12-23-21-10-8-17(9-11-21)19-7-6-18-13-16(15-22)4-5-20(18)14-19/h4-11,13-14H,2-3,12H2,1H3. The lowest BCUT2D eigenvalue weighted by atomic mass is 10.0. The van der Waals surface area contributed by atoms with Crippen LogP contribution in [0, 0.1) is 11.3 Å². The number of benzene rings is 3. The summed E-state index contributed by atoms with van der Waals surface area (Å²) in [5, 5.41) is 11.3. The molecule has 0 fully saturated rings. The van der Waals surface area contributed by atoms with Gasteiger partial charge in [-0.1, -0.05) is 43.7 Å². The molecule has 0 bridgehead atoms. The summed E-state index contributed by atoms with van der Waals surface area (Å²) < 4.78 is 0. The Morgan fingerprint density at radius 1 is 0.870 bits per heavy atom. The minimum absolute atomic E-state index is 0.707. The Morgan fingerprint density at radius 2 is 1.57 bits per heavy atom. The summed E-state index contributed by atoms with van der Waals surface area (Å²) in [6.45, 7) is 2.23. The van der Waals surface area contributed by atoms with Crippen LogP contribution in [-0.4, -0.2) is 5.75 Å². The van der Waals surface area contributed by atoms with E-state index in [0.717, 1.165) is 5.39 Å². The zero-order chi connectivity index (χ0) is 16.1. The first-order chi connectivity index (χ1) is 11.3. The van der Waals surface area contributed by atoms with Gasteiger partial charge < -0.3 is 0 Å². The van der Waals surface area contributed by atoms with Crippen molar-refractivity contribution in [3.63, 3.8) is 0 Å². The van der Waals surface area contributed by atoms with Gasteiger partial charge in [0.25, 0.3) is 0 Å². The Labute approximate surface area is 142 Å². The summed E-state index contributed by atoms with van der Waals surface area (Å²) in [6.07, 6.45) is 2.51. The average Bonchev–Trinajstić information content (AvgIpc) is 2.61. The van der Waals surface area contributed by atoms with Gasteiger partial charge in [0.1, 0.15) is 0 Å². The van der Waals surface area contributed by atoms with Crippen molar-refractivity contribution in [1.29, 1.82) is 5.26 Å². The van der Waals surface area contributed by atoms with Crippen LogP contribution in [0.2, 0.25) is 0 Å². The van der Waals surface area contributed by atoms with Crippen LogP contribution in [0.25, 0.3) is 21.9 Å². The first-order valence-electron chi connectivity index (χ1n) is 7.97. The summed E-state index contributed by atoms with van der Waals surface area (Å²) in [4.78, 5) is 1.33. The van der Waals surface area contributed by atoms with Crippen LogP contribution in [0.3, 0.4) is 0 Å². The van der Waals surface area contributed by atoms with Crippen LogP contribution in [0.4, 0.5) is 0 Å². The highest BCUT2D eigenvalue weighted by molar-refractivity contribution is 7.99. The summed E-state index contributed by atoms with van der Waals surface area (Å²) in [5.41, 5.74) is 3.15. The number of nitrogens with zero attached hydrogens (tertiary/aromatic N) is 1. The van der Waals surface area contributed by atoms with Crippen molar-refractivity contribution >= 4 is 22.5 Å². The highest BCUT2D eigenvalue weighted by atomic mass is 32.2. The van der Waals surface area contributed by atoms with Crippen molar-refractivity contribution < 1.29 is 0 Å². The fraction of sp³-hybridized carbons (Fsp3) is 0.190.